The first-order valence-electron chi connectivity index (χ1n) is 11.3. The number of aryl methyl sites for hydroxylation is 2. The van der Waals surface area contributed by atoms with Gasteiger partial charge in [0.05, 0.1) is 30.2 Å². The van der Waals surface area contributed by atoms with E-state index in [1.807, 2.05) is 30.0 Å². The largest absolute Gasteiger partial charge is 0.496 e. The molecule has 0 N–H and O–H groups in total. The third kappa shape index (κ3) is 3.38. The van der Waals surface area contributed by atoms with Crippen molar-refractivity contribution in [1.82, 2.24) is 24.5 Å². The Bertz CT molecular complexity index is 1280. The standard InChI is InChI=1S/C24H26F3N5O2/c1-13-15(8-6-10-19(13)34-4)23(33)32-14-7-5-9-17(32)21-16(11-14)22(31(3)29-21)18-12-20(24(25,26)27)28-30(18)2/h6,8,10,12,14,17H,5,7,9,11H2,1-4H3/t14-,17+/m1/s1. The first-order chi connectivity index (χ1) is 16.1. The molecule has 3 aromatic rings. The maximum absolute atomic E-state index is 13.7. The molecule has 10 heteroatoms. The lowest BCUT2D eigenvalue weighted by molar-refractivity contribution is -0.141. The van der Waals surface area contributed by atoms with Crippen LogP contribution < -0.4 is 4.74 Å². The third-order valence-corrected chi connectivity index (χ3v) is 7.06. The van der Waals surface area contributed by atoms with Gasteiger partial charge in [-0.05, 0) is 50.8 Å². The van der Waals surface area contributed by atoms with Gasteiger partial charge in [-0.1, -0.05) is 6.07 Å². The number of methoxy groups -OCH3 is 1. The zero-order valence-electron chi connectivity index (χ0n) is 19.5. The highest BCUT2D eigenvalue weighted by molar-refractivity contribution is 5.97. The topological polar surface area (TPSA) is 65.2 Å². The van der Waals surface area contributed by atoms with E-state index >= 15 is 0 Å². The van der Waals surface area contributed by atoms with Gasteiger partial charge in [-0.3, -0.25) is 14.2 Å². The Labute approximate surface area is 195 Å². The molecule has 1 amide bonds. The summed E-state index contributed by atoms with van der Waals surface area (Å²) in [4.78, 5) is 15.7. The van der Waals surface area contributed by atoms with E-state index in [1.165, 1.54) is 11.7 Å². The monoisotopic (exact) mass is 473 g/mol. The van der Waals surface area contributed by atoms with Crippen molar-refractivity contribution in [2.45, 2.75) is 50.9 Å². The van der Waals surface area contributed by atoms with E-state index < -0.39 is 11.9 Å². The molecular formula is C24H26F3N5O2. The summed E-state index contributed by atoms with van der Waals surface area (Å²) in [5.74, 6) is 0.592. The normalized spacial score (nSPS) is 19.8. The van der Waals surface area contributed by atoms with Gasteiger partial charge in [0, 0.05) is 36.8 Å². The molecule has 0 unspecified atom stereocenters. The lowest BCUT2D eigenvalue weighted by atomic mass is 9.81. The lowest BCUT2D eigenvalue weighted by Gasteiger charge is -2.45. The number of halogens is 3. The number of rotatable bonds is 3. The average molecular weight is 473 g/mol. The van der Waals surface area contributed by atoms with E-state index in [9.17, 15) is 18.0 Å². The Balaban J connectivity index is 1.58. The molecule has 0 saturated carbocycles. The number of ether oxygens (including phenoxy) is 1. The molecule has 180 valence electrons. The van der Waals surface area contributed by atoms with Gasteiger partial charge >= 0.3 is 6.18 Å². The number of aromatic nitrogens is 4. The van der Waals surface area contributed by atoms with Crippen LogP contribution in [0.25, 0.3) is 11.4 Å². The van der Waals surface area contributed by atoms with Crippen molar-refractivity contribution in [3.63, 3.8) is 0 Å². The van der Waals surface area contributed by atoms with Gasteiger partial charge in [0.2, 0.25) is 0 Å². The Hall–Kier alpha value is -3.30. The van der Waals surface area contributed by atoms with Gasteiger partial charge in [-0.2, -0.15) is 23.4 Å². The Morgan fingerprint density at radius 1 is 1.15 bits per heavy atom. The predicted molar refractivity (Wildman–Crippen MR) is 118 cm³/mol. The van der Waals surface area contributed by atoms with Crippen LogP contribution in [-0.2, 0) is 26.7 Å². The quantitative estimate of drug-likeness (QED) is 0.564. The molecule has 4 heterocycles. The summed E-state index contributed by atoms with van der Waals surface area (Å²) in [6, 6.07) is 6.24. The average Bonchev–Trinajstić information content (AvgIpc) is 3.32. The van der Waals surface area contributed by atoms with Crippen LogP contribution in [0.2, 0.25) is 0 Å². The van der Waals surface area contributed by atoms with Gasteiger partial charge in [0.25, 0.3) is 5.91 Å². The summed E-state index contributed by atoms with van der Waals surface area (Å²) in [5, 5.41) is 8.40. The lowest BCUT2D eigenvalue weighted by Crippen LogP contribution is -2.50. The summed E-state index contributed by atoms with van der Waals surface area (Å²) in [6.45, 7) is 1.87. The summed E-state index contributed by atoms with van der Waals surface area (Å²) >= 11 is 0. The summed E-state index contributed by atoms with van der Waals surface area (Å²) < 4.78 is 48.1. The second-order valence-corrected chi connectivity index (χ2v) is 9.02. The van der Waals surface area contributed by atoms with E-state index in [0.29, 0.717) is 29.1 Å². The number of hydrogen-bond acceptors (Lipinski definition) is 4. The smallest absolute Gasteiger partial charge is 0.435 e. The van der Waals surface area contributed by atoms with Crippen LogP contribution in [0.5, 0.6) is 5.75 Å². The number of alkyl halides is 3. The Kier molecular flexibility index (Phi) is 5.22. The van der Waals surface area contributed by atoms with Crippen LogP contribution in [0.1, 0.15) is 58.2 Å². The highest BCUT2D eigenvalue weighted by Crippen LogP contribution is 2.45. The fraction of sp³-hybridized carbons (Fsp3) is 0.458. The molecule has 1 aromatic carbocycles. The van der Waals surface area contributed by atoms with Gasteiger partial charge in [0.1, 0.15) is 5.75 Å². The molecule has 5 rings (SSSR count). The molecule has 2 aliphatic rings. The molecule has 2 aliphatic heterocycles. The molecular weight excluding hydrogens is 447 g/mol. The minimum Gasteiger partial charge on any atom is -0.496 e. The van der Waals surface area contributed by atoms with Crippen LogP contribution in [0.3, 0.4) is 0 Å². The van der Waals surface area contributed by atoms with E-state index in [0.717, 1.165) is 42.1 Å². The second-order valence-electron chi connectivity index (χ2n) is 9.02. The molecule has 2 atom stereocenters. The van der Waals surface area contributed by atoms with Gasteiger partial charge in [-0.15, -0.1) is 0 Å². The zero-order chi connectivity index (χ0) is 24.4. The van der Waals surface area contributed by atoms with Crippen molar-refractivity contribution in [1.29, 1.82) is 0 Å². The number of hydrogen-bond donors (Lipinski definition) is 0. The van der Waals surface area contributed by atoms with Gasteiger partial charge < -0.3 is 9.64 Å². The summed E-state index contributed by atoms with van der Waals surface area (Å²) in [5.41, 5.74) is 3.11. The maximum Gasteiger partial charge on any atom is 0.435 e. The van der Waals surface area contributed by atoms with Crippen molar-refractivity contribution in [3.8, 4) is 17.1 Å². The number of amides is 1. The first-order valence-corrected chi connectivity index (χ1v) is 11.3. The van der Waals surface area contributed by atoms with E-state index in [4.69, 9.17) is 9.84 Å². The van der Waals surface area contributed by atoms with Crippen LogP contribution in [0.15, 0.2) is 24.3 Å². The third-order valence-electron chi connectivity index (χ3n) is 7.06. The molecule has 0 radical (unpaired) electrons. The summed E-state index contributed by atoms with van der Waals surface area (Å²) in [6.07, 6.45) is -1.43. The second kappa shape index (κ2) is 7.89. The number of benzene rings is 1. The molecule has 1 fully saturated rings. The Morgan fingerprint density at radius 2 is 1.91 bits per heavy atom. The van der Waals surface area contributed by atoms with Crippen LogP contribution in [0, 0.1) is 6.92 Å². The van der Waals surface area contributed by atoms with Gasteiger partial charge in [-0.25, -0.2) is 0 Å². The molecule has 34 heavy (non-hydrogen) atoms. The van der Waals surface area contributed by atoms with Crippen molar-refractivity contribution >= 4 is 5.91 Å². The molecule has 0 spiro atoms. The molecule has 2 bridgehead atoms. The number of piperidine rings is 1. The first kappa shape index (κ1) is 22.5. The minimum atomic E-state index is -4.52. The van der Waals surface area contributed by atoms with Crippen LogP contribution in [-0.4, -0.2) is 43.5 Å². The minimum absolute atomic E-state index is 0.0531. The zero-order valence-corrected chi connectivity index (χ0v) is 19.5. The van der Waals surface area contributed by atoms with E-state index in [-0.39, 0.29) is 18.0 Å². The van der Waals surface area contributed by atoms with Crippen molar-refractivity contribution in [2.75, 3.05) is 7.11 Å². The highest BCUT2D eigenvalue weighted by atomic mass is 19.4. The van der Waals surface area contributed by atoms with Crippen molar-refractivity contribution in [3.05, 3.63) is 52.3 Å². The van der Waals surface area contributed by atoms with Crippen molar-refractivity contribution in [2.24, 2.45) is 14.1 Å². The van der Waals surface area contributed by atoms with E-state index in [1.54, 1.807) is 18.8 Å². The SMILES string of the molecule is COc1cccc(C(=O)N2[C@@H]3CCC[C@H]2c2nn(C)c(-c4cc(C(F)(F)F)nn4C)c2C3)c1C. The van der Waals surface area contributed by atoms with Crippen LogP contribution in [0.4, 0.5) is 13.2 Å². The molecule has 7 nitrogen and oxygen atoms in total. The summed E-state index contributed by atoms with van der Waals surface area (Å²) in [7, 11) is 4.82. The van der Waals surface area contributed by atoms with Crippen LogP contribution >= 0.6 is 0 Å². The number of carbonyl (C=O) groups excluding carboxylic acids is 1. The molecule has 2 aromatic heterocycles. The number of nitrogens with zero attached hydrogens (tertiary/aromatic N) is 5. The fourth-order valence-corrected chi connectivity index (χ4v) is 5.50. The molecule has 1 saturated heterocycles. The maximum atomic E-state index is 13.7. The number of fused-ring (bicyclic) bond motifs is 4. The van der Waals surface area contributed by atoms with Gasteiger partial charge in [0.15, 0.2) is 5.69 Å². The van der Waals surface area contributed by atoms with Crippen molar-refractivity contribution < 1.29 is 22.7 Å². The number of carbonyl (C=O) groups is 1. The predicted octanol–water partition coefficient (Wildman–Crippen LogP) is 4.45. The Morgan fingerprint density at radius 3 is 2.59 bits per heavy atom. The van der Waals surface area contributed by atoms with E-state index in [2.05, 4.69) is 5.10 Å². The highest BCUT2D eigenvalue weighted by Gasteiger charge is 2.44. The molecule has 0 aliphatic carbocycles. The fourth-order valence-electron chi connectivity index (χ4n) is 5.50.